The van der Waals surface area contributed by atoms with E-state index < -0.39 is 10.0 Å². The number of piperidine rings is 1. The van der Waals surface area contributed by atoms with Gasteiger partial charge in [-0.15, -0.1) is 0 Å². The highest BCUT2D eigenvalue weighted by Gasteiger charge is 2.27. The maximum atomic E-state index is 12.8. The third-order valence-corrected chi connectivity index (χ3v) is 8.78. The smallest absolute Gasteiger partial charge is 0.260 e. The van der Waals surface area contributed by atoms with Gasteiger partial charge >= 0.3 is 0 Å². The van der Waals surface area contributed by atoms with Gasteiger partial charge in [0.1, 0.15) is 5.75 Å². The molecule has 2 aliphatic rings. The summed E-state index contributed by atoms with van der Waals surface area (Å²) in [6.45, 7) is 5.50. The first-order valence-electron chi connectivity index (χ1n) is 11.5. The largest absolute Gasteiger partial charge is 0.482 e. The summed E-state index contributed by atoms with van der Waals surface area (Å²) in [5.74, 6) is 0.157. The predicted molar refractivity (Wildman–Crippen MR) is 135 cm³/mol. The Balaban J connectivity index is 1.32. The molecule has 184 valence electrons. The lowest BCUT2D eigenvalue weighted by atomic mass is 10.1. The molecular formula is C24H29Cl2N3O4S. The Bertz CT molecular complexity index is 1140. The number of ether oxygens (including phenoxy) is 1. The van der Waals surface area contributed by atoms with Crippen molar-refractivity contribution in [3.8, 4) is 5.75 Å². The van der Waals surface area contributed by atoms with Crippen molar-refractivity contribution in [3.05, 3.63) is 52.0 Å². The highest BCUT2D eigenvalue weighted by Crippen LogP contribution is 2.30. The van der Waals surface area contributed by atoms with E-state index in [4.69, 9.17) is 27.9 Å². The summed E-state index contributed by atoms with van der Waals surface area (Å²) < 4.78 is 32.8. The van der Waals surface area contributed by atoms with Crippen LogP contribution in [0.4, 0.5) is 5.69 Å². The highest BCUT2D eigenvalue weighted by molar-refractivity contribution is 7.89. The summed E-state index contributed by atoms with van der Waals surface area (Å²) in [5.41, 5.74) is 2.23. The van der Waals surface area contributed by atoms with Gasteiger partial charge in [0.25, 0.3) is 5.91 Å². The minimum atomic E-state index is -3.58. The van der Waals surface area contributed by atoms with Crippen LogP contribution in [0.15, 0.2) is 41.3 Å². The van der Waals surface area contributed by atoms with Crippen LogP contribution in [0.25, 0.3) is 0 Å². The van der Waals surface area contributed by atoms with Crippen LogP contribution in [0.5, 0.6) is 5.75 Å². The molecule has 2 heterocycles. The lowest BCUT2D eigenvalue weighted by Crippen LogP contribution is -2.50. The molecule has 2 aromatic carbocycles. The molecule has 0 atom stereocenters. The zero-order valence-electron chi connectivity index (χ0n) is 19.2. The molecule has 0 N–H and O–H groups in total. The lowest BCUT2D eigenvalue weighted by Gasteiger charge is -2.36. The molecule has 2 aliphatic heterocycles. The Morgan fingerprint density at radius 1 is 0.941 bits per heavy atom. The number of amides is 1. The molecule has 2 fully saturated rings. The van der Waals surface area contributed by atoms with Crippen LogP contribution in [0.3, 0.4) is 0 Å². The molecule has 0 aromatic heterocycles. The van der Waals surface area contributed by atoms with E-state index in [1.807, 2.05) is 25.1 Å². The van der Waals surface area contributed by atoms with Crippen molar-refractivity contribution in [2.24, 2.45) is 0 Å². The Morgan fingerprint density at radius 2 is 1.65 bits per heavy atom. The molecule has 0 unspecified atom stereocenters. The first-order valence-corrected chi connectivity index (χ1v) is 13.7. The highest BCUT2D eigenvalue weighted by atomic mass is 35.5. The van der Waals surface area contributed by atoms with Crippen molar-refractivity contribution in [2.75, 3.05) is 50.8 Å². The fourth-order valence-electron chi connectivity index (χ4n) is 4.36. The Labute approximate surface area is 211 Å². The fourth-order valence-corrected chi connectivity index (χ4v) is 6.37. The molecule has 10 heteroatoms. The number of nitrogens with zero attached hydrogens (tertiary/aromatic N) is 3. The zero-order valence-corrected chi connectivity index (χ0v) is 21.5. The summed E-state index contributed by atoms with van der Waals surface area (Å²) in [6, 6.07) is 10.2. The number of piperazine rings is 1. The number of carbonyl (C=O) groups is 1. The van der Waals surface area contributed by atoms with Gasteiger partial charge in [-0.1, -0.05) is 35.7 Å². The molecule has 0 aliphatic carbocycles. The average Bonchev–Trinajstić information content (AvgIpc) is 2.85. The molecule has 1 amide bonds. The molecule has 0 saturated carbocycles. The van der Waals surface area contributed by atoms with E-state index in [1.165, 1.54) is 22.5 Å². The third-order valence-electron chi connectivity index (χ3n) is 6.35. The first kappa shape index (κ1) is 25.1. The van der Waals surface area contributed by atoms with Crippen molar-refractivity contribution in [2.45, 2.75) is 31.1 Å². The van der Waals surface area contributed by atoms with Crippen LogP contribution >= 0.6 is 23.2 Å². The minimum Gasteiger partial charge on any atom is -0.482 e. The van der Waals surface area contributed by atoms with Crippen molar-refractivity contribution in [1.82, 2.24) is 9.21 Å². The zero-order chi connectivity index (χ0) is 24.3. The topological polar surface area (TPSA) is 70.2 Å². The molecule has 0 radical (unpaired) electrons. The second-order valence-corrected chi connectivity index (χ2v) is 11.4. The van der Waals surface area contributed by atoms with E-state index in [0.29, 0.717) is 50.0 Å². The quantitative estimate of drug-likeness (QED) is 0.565. The van der Waals surface area contributed by atoms with Gasteiger partial charge < -0.3 is 14.5 Å². The number of aryl methyl sites for hydroxylation is 1. The SMILES string of the molecule is Cc1ccc(Cl)cc1N1CCN(C(=O)COc2ccc(S(=O)(=O)N3CCCCC3)cc2Cl)CC1. The van der Waals surface area contributed by atoms with Gasteiger partial charge in [0.15, 0.2) is 6.61 Å². The summed E-state index contributed by atoms with van der Waals surface area (Å²) in [5, 5.41) is 0.867. The first-order chi connectivity index (χ1) is 16.3. The summed E-state index contributed by atoms with van der Waals surface area (Å²) in [6.07, 6.45) is 2.77. The molecule has 7 nitrogen and oxygen atoms in total. The Hall–Kier alpha value is -2.00. The van der Waals surface area contributed by atoms with Gasteiger partial charge in [0, 0.05) is 50.0 Å². The van der Waals surface area contributed by atoms with Gasteiger partial charge in [-0.3, -0.25) is 4.79 Å². The van der Waals surface area contributed by atoms with Gasteiger partial charge in [-0.05, 0) is 55.7 Å². The van der Waals surface area contributed by atoms with Crippen LogP contribution in [-0.2, 0) is 14.8 Å². The van der Waals surface area contributed by atoms with Crippen LogP contribution in [0.2, 0.25) is 10.0 Å². The molecule has 34 heavy (non-hydrogen) atoms. The predicted octanol–water partition coefficient (Wildman–Crippen LogP) is 4.20. The summed E-state index contributed by atoms with van der Waals surface area (Å²) in [7, 11) is -3.58. The lowest BCUT2D eigenvalue weighted by molar-refractivity contribution is -0.133. The van der Waals surface area contributed by atoms with Crippen LogP contribution in [0.1, 0.15) is 24.8 Å². The van der Waals surface area contributed by atoms with Gasteiger partial charge in [-0.2, -0.15) is 4.31 Å². The molecule has 0 spiro atoms. The standard InChI is InChI=1S/C24H29Cl2N3O4S/c1-18-5-6-19(25)15-22(18)27-11-13-28(14-12-27)24(30)17-33-23-8-7-20(16-21(23)26)34(31,32)29-9-3-2-4-10-29/h5-8,15-16H,2-4,9-14,17H2,1H3. The maximum Gasteiger partial charge on any atom is 0.260 e. The second kappa shape index (κ2) is 10.7. The number of carbonyl (C=O) groups excluding carboxylic acids is 1. The van der Waals surface area contributed by atoms with Gasteiger partial charge in [0.05, 0.1) is 9.92 Å². The number of benzene rings is 2. The summed E-state index contributed by atoms with van der Waals surface area (Å²) in [4.78, 5) is 16.8. The Kier molecular flexibility index (Phi) is 7.92. The summed E-state index contributed by atoms with van der Waals surface area (Å²) >= 11 is 12.5. The van der Waals surface area contributed by atoms with E-state index in [0.717, 1.165) is 30.5 Å². The number of anilines is 1. The number of hydrogen-bond acceptors (Lipinski definition) is 5. The number of halogens is 2. The number of sulfonamides is 1. The van der Waals surface area contributed by atoms with Crippen LogP contribution in [0, 0.1) is 6.92 Å². The Morgan fingerprint density at radius 3 is 2.32 bits per heavy atom. The van der Waals surface area contributed by atoms with E-state index in [2.05, 4.69) is 4.90 Å². The third kappa shape index (κ3) is 5.62. The molecule has 4 rings (SSSR count). The maximum absolute atomic E-state index is 12.8. The van der Waals surface area contributed by atoms with Gasteiger partial charge in [-0.25, -0.2) is 8.42 Å². The van der Waals surface area contributed by atoms with Crippen molar-refractivity contribution >= 4 is 44.8 Å². The van der Waals surface area contributed by atoms with Crippen molar-refractivity contribution in [1.29, 1.82) is 0 Å². The van der Waals surface area contributed by atoms with Gasteiger partial charge in [0.2, 0.25) is 10.0 Å². The molecule has 2 aromatic rings. The number of rotatable bonds is 6. The fraction of sp³-hybridized carbons (Fsp3) is 0.458. The van der Waals surface area contributed by atoms with Crippen LogP contribution < -0.4 is 9.64 Å². The van der Waals surface area contributed by atoms with Crippen molar-refractivity contribution in [3.63, 3.8) is 0 Å². The second-order valence-electron chi connectivity index (χ2n) is 8.64. The van der Waals surface area contributed by atoms with E-state index >= 15 is 0 Å². The molecule has 0 bridgehead atoms. The van der Waals surface area contributed by atoms with Crippen LogP contribution in [-0.4, -0.2) is 69.4 Å². The van der Waals surface area contributed by atoms with E-state index in [-0.39, 0.29) is 22.4 Å². The minimum absolute atomic E-state index is 0.136. The normalized spacial score (nSPS) is 17.6. The number of hydrogen-bond donors (Lipinski definition) is 0. The van der Waals surface area contributed by atoms with Crippen molar-refractivity contribution < 1.29 is 17.9 Å². The monoisotopic (exact) mass is 525 g/mol. The van der Waals surface area contributed by atoms with E-state index in [1.54, 1.807) is 4.90 Å². The van der Waals surface area contributed by atoms with E-state index in [9.17, 15) is 13.2 Å². The molecule has 2 saturated heterocycles. The molecular weight excluding hydrogens is 497 g/mol. The average molecular weight is 526 g/mol.